The van der Waals surface area contributed by atoms with E-state index in [1.165, 1.54) is 25.0 Å². The van der Waals surface area contributed by atoms with Crippen LogP contribution in [-0.2, 0) is 0 Å². The molecule has 0 saturated heterocycles. The van der Waals surface area contributed by atoms with Crippen molar-refractivity contribution < 1.29 is 0 Å². The molecular weight excluding hydrogens is 152 g/mol. The highest BCUT2D eigenvalue weighted by Gasteiger charge is 2.34. The zero-order valence-corrected chi connectivity index (χ0v) is 9.21. The fourth-order valence-electron chi connectivity index (χ4n) is 1.86. The normalized spacial score (nSPS) is 27.7. The first-order chi connectivity index (χ1) is 5.11. The molecule has 0 amide bonds. The average molecular weight is 174 g/mol. The van der Waals surface area contributed by atoms with Gasteiger partial charge in [-0.2, -0.15) is 0 Å². The Labute approximate surface area is 73.1 Å². The van der Waals surface area contributed by atoms with Gasteiger partial charge in [0.2, 0.25) is 0 Å². The first-order valence-electron chi connectivity index (χ1n) is 4.85. The fraction of sp³-hybridized carbons (Fsp3) is 1.00. The van der Waals surface area contributed by atoms with E-state index in [0.29, 0.717) is 0 Å². The number of hydrogen-bond acceptors (Lipinski definition) is 0. The van der Waals surface area contributed by atoms with Crippen molar-refractivity contribution in [3.05, 3.63) is 0 Å². The molecule has 1 fully saturated rings. The smallest absolute Gasteiger partial charge is 0.0112 e. The van der Waals surface area contributed by atoms with Crippen molar-refractivity contribution in [1.82, 2.24) is 0 Å². The fourth-order valence-corrected chi connectivity index (χ4v) is 5.18. The van der Waals surface area contributed by atoms with E-state index < -0.39 is 0 Å². The molecule has 0 heterocycles. The van der Waals surface area contributed by atoms with Crippen molar-refractivity contribution >= 4 is 10.0 Å². The largest absolute Gasteiger partial charge is 0.239 e. The van der Waals surface area contributed by atoms with Gasteiger partial charge in [-0.1, -0.05) is 27.2 Å². The van der Waals surface area contributed by atoms with Crippen molar-refractivity contribution in [2.45, 2.75) is 50.5 Å². The predicted molar refractivity (Wildman–Crippen MR) is 56.8 cm³/mol. The number of hydrogen-bond donors (Lipinski definition) is 0. The van der Waals surface area contributed by atoms with Gasteiger partial charge in [0.1, 0.15) is 0 Å². The molecule has 11 heavy (non-hydrogen) atoms. The third-order valence-electron chi connectivity index (χ3n) is 3.51. The van der Waals surface area contributed by atoms with Crippen LogP contribution in [-0.4, -0.2) is 22.5 Å². The molecule has 1 heteroatoms. The molecule has 0 spiro atoms. The molecule has 1 saturated carbocycles. The lowest BCUT2D eigenvalue weighted by Gasteiger charge is -2.50. The minimum atomic E-state index is -0.236. The molecular formula is C10H22S. The maximum Gasteiger partial charge on any atom is -0.0112 e. The summed E-state index contributed by atoms with van der Waals surface area (Å²) in [6.45, 7) is 7.21. The minimum Gasteiger partial charge on any atom is -0.239 e. The minimum absolute atomic E-state index is 0.236. The Hall–Kier alpha value is 0.350. The highest BCUT2D eigenvalue weighted by molar-refractivity contribution is 8.34. The lowest BCUT2D eigenvalue weighted by Crippen LogP contribution is -2.31. The summed E-state index contributed by atoms with van der Waals surface area (Å²) in [4.78, 5) is 0. The van der Waals surface area contributed by atoms with E-state index in [-0.39, 0.29) is 10.0 Å². The molecule has 68 valence electrons. The van der Waals surface area contributed by atoms with Crippen molar-refractivity contribution in [3.63, 3.8) is 0 Å². The summed E-state index contributed by atoms with van der Waals surface area (Å²) >= 11 is 0. The van der Waals surface area contributed by atoms with Crippen LogP contribution in [0.15, 0.2) is 0 Å². The van der Waals surface area contributed by atoms with Gasteiger partial charge >= 0.3 is 0 Å². The summed E-state index contributed by atoms with van der Waals surface area (Å²) in [5.74, 6) is 1.44. The monoisotopic (exact) mass is 174 g/mol. The topological polar surface area (TPSA) is 0 Å². The van der Waals surface area contributed by atoms with E-state index in [9.17, 15) is 0 Å². The highest BCUT2D eigenvalue weighted by Crippen LogP contribution is 2.59. The Bertz CT molecular complexity index is 127. The average Bonchev–Trinajstić information content (AvgIpc) is 1.83. The Balaban J connectivity index is 2.57. The molecule has 1 unspecified atom stereocenters. The van der Waals surface area contributed by atoms with Crippen molar-refractivity contribution in [2.75, 3.05) is 12.0 Å². The van der Waals surface area contributed by atoms with Gasteiger partial charge in [0.25, 0.3) is 0 Å². The molecule has 0 bridgehead atoms. The van der Waals surface area contributed by atoms with Crippen molar-refractivity contribution in [1.29, 1.82) is 0 Å². The molecule has 0 aromatic heterocycles. The zero-order valence-electron chi connectivity index (χ0n) is 8.39. The van der Waals surface area contributed by atoms with Crippen molar-refractivity contribution in [2.24, 2.45) is 0 Å². The molecule has 0 aliphatic heterocycles. The predicted octanol–water partition coefficient (Wildman–Crippen LogP) is 3.40. The standard InChI is InChI=1S/C10H22S/c1-5-11(4,9(2)3)10-7-6-8-10/h9-10H,5-8H2,1-4H3. The van der Waals surface area contributed by atoms with Gasteiger partial charge in [-0.25, -0.2) is 10.0 Å². The summed E-state index contributed by atoms with van der Waals surface area (Å²) in [7, 11) is -0.236. The van der Waals surface area contributed by atoms with E-state index in [2.05, 4.69) is 27.0 Å². The van der Waals surface area contributed by atoms with Crippen LogP contribution >= 0.6 is 10.0 Å². The molecule has 0 aromatic rings. The van der Waals surface area contributed by atoms with E-state index >= 15 is 0 Å². The van der Waals surface area contributed by atoms with Crippen molar-refractivity contribution in [3.8, 4) is 0 Å². The molecule has 0 N–H and O–H groups in total. The third-order valence-corrected chi connectivity index (χ3v) is 8.90. The Morgan fingerprint density at radius 1 is 1.36 bits per heavy atom. The van der Waals surface area contributed by atoms with Gasteiger partial charge in [0.15, 0.2) is 0 Å². The van der Waals surface area contributed by atoms with Gasteiger partial charge < -0.3 is 0 Å². The van der Waals surface area contributed by atoms with Gasteiger partial charge in [-0.15, -0.1) is 0 Å². The van der Waals surface area contributed by atoms with Crippen LogP contribution < -0.4 is 0 Å². The van der Waals surface area contributed by atoms with E-state index in [1.807, 2.05) is 0 Å². The molecule has 0 nitrogen and oxygen atoms in total. The molecule has 0 radical (unpaired) electrons. The summed E-state index contributed by atoms with van der Waals surface area (Å²) < 4.78 is 0. The summed E-state index contributed by atoms with van der Waals surface area (Å²) in [6.07, 6.45) is 7.11. The van der Waals surface area contributed by atoms with E-state index in [4.69, 9.17) is 0 Å². The van der Waals surface area contributed by atoms with Crippen LogP contribution in [0.3, 0.4) is 0 Å². The second-order valence-electron chi connectivity index (χ2n) is 4.12. The molecule has 1 aliphatic carbocycles. The molecule has 1 aliphatic rings. The van der Waals surface area contributed by atoms with Gasteiger partial charge in [-0.05, 0) is 35.4 Å². The Kier molecular flexibility index (Phi) is 2.90. The van der Waals surface area contributed by atoms with Crippen LogP contribution in [0, 0.1) is 0 Å². The second-order valence-corrected chi connectivity index (χ2v) is 8.77. The quantitative estimate of drug-likeness (QED) is 0.615. The van der Waals surface area contributed by atoms with E-state index in [0.717, 1.165) is 10.5 Å². The summed E-state index contributed by atoms with van der Waals surface area (Å²) in [6, 6.07) is 0. The zero-order chi connectivity index (χ0) is 8.48. The molecule has 0 aromatic carbocycles. The van der Waals surface area contributed by atoms with Crippen LogP contribution in [0.4, 0.5) is 0 Å². The van der Waals surface area contributed by atoms with Crippen LogP contribution in [0.5, 0.6) is 0 Å². The van der Waals surface area contributed by atoms with Crippen LogP contribution in [0.2, 0.25) is 0 Å². The maximum atomic E-state index is 2.56. The Morgan fingerprint density at radius 2 is 1.91 bits per heavy atom. The summed E-state index contributed by atoms with van der Waals surface area (Å²) in [5.41, 5.74) is 0. The second kappa shape index (κ2) is 3.38. The van der Waals surface area contributed by atoms with E-state index in [1.54, 1.807) is 0 Å². The molecule has 1 rings (SSSR count). The number of rotatable bonds is 3. The molecule has 1 atom stereocenters. The van der Waals surface area contributed by atoms with Crippen LogP contribution in [0.25, 0.3) is 0 Å². The SMILES string of the molecule is CCS(C)(C(C)C)C1CCC1. The first kappa shape index (κ1) is 9.44. The van der Waals surface area contributed by atoms with Gasteiger partial charge in [0, 0.05) is 0 Å². The lowest BCUT2D eigenvalue weighted by molar-refractivity contribution is 0.513. The maximum absolute atomic E-state index is 2.56. The third kappa shape index (κ3) is 1.58. The van der Waals surface area contributed by atoms with Gasteiger partial charge in [-0.3, -0.25) is 0 Å². The summed E-state index contributed by atoms with van der Waals surface area (Å²) in [5, 5.41) is 2.06. The first-order valence-corrected chi connectivity index (χ1v) is 7.18. The Morgan fingerprint density at radius 3 is 2.00 bits per heavy atom. The van der Waals surface area contributed by atoms with Gasteiger partial charge in [0.05, 0.1) is 0 Å². The lowest BCUT2D eigenvalue weighted by atomic mass is 10.00. The highest BCUT2D eigenvalue weighted by atomic mass is 32.3. The van der Waals surface area contributed by atoms with Crippen LogP contribution in [0.1, 0.15) is 40.0 Å².